The molecule has 1 saturated heterocycles. The number of aromatic nitrogens is 3. The van der Waals surface area contributed by atoms with Gasteiger partial charge in [0, 0.05) is 58.0 Å². The van der Waals surface area contributed by atoms with E-state index in [1.165, 1.54) is 0 Å². The Kier molecular flexibility index (Phi) is 7.87. The minimum Gasteiger partial charge on any atom is -0.483 e. The van der Waals surface area contributed by atoms with Gasteiger partial charge >= 0.3 is 0 Å². The number of primary amides is 1. The maximum absolute atomic E-state index is 12.1. The molecule has 0 bridgehead atoms. The highest BCUT2D eigenvalue weighted by Gasteiger charge is 2.30. The molecular formula is C23H33N7O4. The van der Waals surface area contributed by atoms with Crippen LogP contribution < -0.4 is 20.4 Å². The van der Waals surface area contributed by atoms with Crippen LogP contribution in [-0.2, 0) is 17.8 Å². The number of amides is 1. The summed E-state index contributed by atoms with van der Waals surface area (Å²) in [6.07, 6.45) is 1.93. The van der Waals surface area contributed by atoms with Crippen LogP contribution in [0, 0.1) is 13.8 Å². The molecule has 0 aliphatic carbocycles. The number of piperidine rings is 1. The summed E-state index contributed by atoms with van der Waals surface area (Å²) in [5.74, 6) is 1.75. The van der Waals surface area contributed by atoms with Gasteiger partial charge in [-0.25, -0.2) is 9.97 Å². The highest BCUT2D eigenvalue weighted by molar-refractivity contribution is 5.98. The predicted molar refractivity (Wildman–Crippen MR) is 129 cm³/mol. The molecule has 34 heavy (non-hydrogen) atoms. The molecule has 1 fully saturated rings. The SMILES string of the molecule is Cc1cc(C(N)=O)c(N2CCc3nc(N(C)C)nc(N4CCC(O)CC4)c3C2)nc1C.O=CO. The van der Waals surface area contributed by atoms with Gasteiger partial charge in [0.25, 0.3) is 12.4 Å². The molecule has 2 aromatic rings. The molecule has 0 atom stereocenters. The van der Waals surface area contributed by atoms with Crippen molar-refractivity contribution >= 4 is 30.0 Å². The fraction of sp³-hybridized carbons (Fsp3) is 0.522. The molecule has 2 aliphatic heterocycles. The van der Waals surface area contributed by atoms with Crippen LogP contribution in [0.2, 0.25) is 0 Å². The van der Waals surface area contributed by atoms with E-state index < -0.39 is 5.91 Å². The van der Waals surface area contributed by atoms with Crippen LogP contribution in [0.1, 0.15) is 45.7 Å². The van der Waals surface area contributed by atoms with Crippen LogP contribution in [0.15, 0.2) is 6.07 Å². The van der Waals surface area contributed by atoms with E-state index in [1.54, 1.807) is 0 Å². The van der Waals surface area contributed by atoms with Gasteiger partial charge in [0.15, 0.2) is 0 Å². The third kappa shape index (κ3) is 5.36. The van der Waals surface area contributed by atoms with E-state index in [9.17, 15) is 9.90 Å². The van der Waals surface area contributed by atoms with Crippen molar-refractivity contribution in [3.05, 3.63) is 34.1 Å². The number of hydrogen-bond acceptors (Lipinski definition) is 9. The number of nitrogens with zero attached hydrogens (tertiary/aromatic N) is 6. The number of carbonyl (C=O) groups excluding carboxylic acids is 1. The van der Waals surface area contributed by atoms with E-state index in [0.29, 0.717) is 30.4 Å². The quantitative estimate of drug-likeness (QED) is 0.549. The van der Waals surface area contributed by atoms with Crippen molar-refractivity contribution < 1.29 is 19.8 Å². The molecule has 4 heterocycles. The summed E-state index contributed by atoms with van der Waals surface area (Å²) in [6.45, 7) is 6.40. The molecule has 11 heteroatoms. The summed E-state index contributed by atoms with van der Waals surface area (Å²) >= 11 is 0. The van der Waals surface area contributed by atoms with Crippen LogP contribution in [-0.4, -0.2) is 77.4 Å². The minimum absolute atomic E-state index is 0.250. The van der Waals surface area contributed by atoms with Gasteiger partial charge in [0.05, 0.1) is 17.4 Å². The second-order valence-corrected chi connectivity index (χ2v) is 8.79. The van der Waals surface area contributed by atoms with Gasteiger partial charge in [-0.15, -0.1) is 0 Å². The number of rotatable bonds is 4. The summed E-state index contributed by atoms with van der Waals surface area (Å²) in [7, 11) is 3.89. The molecule has 0 radical (unpaired) electrons. The van der Waals surface area contributed by atoms with Crippen molar-refractivity contribution in [3.8, 4) is 0 Å². The first-order valence-electron chi connectivity index (χ1n) is 11.3. The lowest BCUT2D eigenvalue weighted by molar-refractivity contribution is -0.122. The average Bonchev–Trinajstić information content (AvgIpc) is 2.80. The monoisotopic (exact) mass is 471 g/mol. The van der Waals surface area contributed by atoms with Crippen molar-refractivity contribution in [1.82, 2.24) is 15.0 Å². The van der Waals surface area contributed by atoms with Crippen molar-refractivity contribution in [2.45, 2.75) is 45.8 Å². The zero-order valence-corrected chi connectivity index (χ0v) is 20.2. The average molecular weight is 472 g/mol. The number of fused-ring (bicyclic) bond motifs is 1. The first-order chi connectivity index (χ1) is 16.2. The first-order valence-corrected chi connectivity index (χ1v) is 11.3. The van der Waals surface area contributed by atoms with Crippen LogP contribution in [0.25, 0.3) is 0 Å². The molecular weight excluding hydrogens is 438 g/mol. The van der Waals surface area contributed by atoms with Crippen LogP contribution >= 0.6 is 0 Å². The number of carbonyl (C=O) groups is 2. The number of aliphatic hydroxyl groups is 1. The Balaban J connectivity index is 0.00000103. The van der Waals surface area contributed by atoms with Gasteiger partial charge in [0.2, 0.25) is 5.95 Å². The number of hydrogen-bond donors (Lipinski definition) is 3. The summed E-state index contributed by atoms with van der Waals surface area (Å²) in [5.41, 5.74) is 10.0. The van der Waals surface area contributed by atoms with Crippen LogP contribution in [0.5, 0.6) is 0 Å². The summed E-state index contributed by atoms with van der Waals surface area (Å²) in [5, 5.41) is 16.8. The Bertz CT molecular complexity index is 1050. The number of aliphatic hydroxyl groups excluding tert-OH is 1. The Morgan fingerprint density at radius 1 is 1.12 bits per heavy atom. The molecule has 11 nitrogen and oxygen atoms in total. The number of aryl methyl sites for hydroxylation is 2. The second-order valence-electron chi connectivity index (χ2n) is 8.79. The van der Waals surface area contributed by atoms with Crippen LogP contribution in [0.3, 0.4) is 0 Å². The largest absolute Gasteiger partial charge is 0.483 e. The molecule has 2 aromatic heterocycles. The molecule has 0 saturated carbocycles. The van der Waals surface area contributed by atoms with Crippen LogP contribution in [0.4, 0.5) is 17.6 Å². The Hall–Kier alpha value is -3.47. The Morgan fingerprint density at radius 2 is 1.76 bits per heavy atom. The van der Waals surface area contributed by atoms with E-state index >= 15 is 0 Å². The van der Waals surface area contributed by atoms with Crippen molar-refractivity contribution in [1.29, 1.82) is 0 Å². The fourth-order valence-electron chi connectivity index (χ4n) is 4.22. The van der Waals surface area contributed by atoms with E-state index in [2.05, 4.69) is 9.80 Å². The Labute approximate surface area is 199 Å². The van der Waals surface area contributed by atoms with Gasteiger partial charge < -0.3 is 30.6 Å². The minimum atomic E-state index is -0.471. The van der Waals surface area contributed by atoms with Gasteiger partial charge in [-0.2, -0.15) is 4.98 Å². The number of pyridine rings is 1. The normalized spacial score (nSPS) is 15.8. The standard InChI is InChI=1S/C22H31N7O2.CH2O2/c1-13-11-16(19(23)31)20(24-14(13)2)29-10-7-18-17(12-29)21(26-22(25-18)27(3)4)28-8-5-15(30)6-9-28;2-1-3/h11,15,30H,5-10,12H2,1-4H3,(H2,23,31);1H,(H,2,3). The van der Waals surface area contributed by atoms with Crippen molar-refractivity contribution in [3.63, 3.8) is 0 Å². The lowest BCUT2D eigenvalue weighted by atomic mass is 10.0. The molecule has 4 rings (SSSR count). The maximum Gasteiger partial charge on any atom is 0.290 e. The first kappa shape index (κ1) is 25.2. The lowest BCUT2D eigenvalue weighted by Crippen LogP contribution is -2.40. The smallest absolute Gasteiger partial charge is 0.290 e. The summed E-state index contributed by atoms with van der Waals surface area (Å²) in [6, 6.07) is 1.83. The topological polar surface area (TPSA) is 149 Å². The molecule has 1 amide bonds. The van der Waals surface area contributed by atoms with E-state index in [1.807, 2.05) is 38.9 Å². The molecule has 0 aromatic carbocycles. The molecule has 2 aliphatic rings. The van der Waals surface area contributed by atoms with Gasteiger partial charge in [-0.1, -0.05) is 0 Å². The van der Waals surface area contributed by atoms with E-state index in [-0.39, 0.29) is 12.6 Å². The summed E-state index contributed by atoms with van der Waals surface area (Å²) < 4.78 is 0. The second kappa shape index (κ2) is 10.6. The molecule has 4 N–H and O–H groups in total. The highest BCUT2D eigenvalue weighted by Crippen LogP contribution is 2.33. The van der Waals surface area contributed by atoms with E-state index in [0.717, 1.165) is 60.7 Å². The third-order valence-electron chi connectivity index (χ3n) is 6.20. The van der Waals surface area contributed by atoms with E-state index in [4.69, 9.17) is 30.6 Å². The molecule has 184 valence electrons. The lowest BCUT2D eigenvalue weighted by Gasteiger charge is -2.36. The van der Waals surface area contributed by atoms with Crippen molar-refractivity contribution in [2.75, 3.05) is 48.4 Å². The van der Waals surface area contributed by atoms with Gasteiger partial charge in [0.1, 0.15) is 11.6 Å². The predicted octanol–water partition coefficient (Wildman–Crippen LogP) is 0.878. The number of anilines is 3. The highest BCUT2D eigenvalue weighted by atomic mass is 16.3. The van der Waals surface area contributed by atoms with Gasteiger partial charge in [-0.3, -0.25) is 9.59 Å². The number of nitrogens with two attached hydrogens (primary N) is 1. The van der Waals surface area contributed by atoms with Gasteiger partial charge in [-0.05, 0) is 38.3 Å². The summed E-state index contributed by atoms with van der Waals surface area (Å²) in [4.78, 5) is 41.2. The zero-order chi connectivity index (χ0) is 25.0. The molecule has 0 unspecified atom stereocenters. The fourth-order valence-corrected chi connectivity index (χ4v) is 4.22. The Morgan fingerprint density at radius 3 is 2.35 bits per heavy atom. The maximum atomic E-state index is 12.1. The third-order valence-corrected chi connectivity index (χ3v) is 6.20. The van der Waals surface area contributed by atoms with Crippen molar-refractivity contribution in [2.24, 2.45) is 5.73 Å². The zero-order valence-electron chi connectivity index (χ0n) is 20.2. The molecule has 0 spiro atoms. The number of carboxylic acid groups (broad SMARTS) is 1.